The summed E-state index contributed by atoms with van der Waals surface area (Å²) in [4.78, 5) is 0. The molecular weight excluding hydrogens is 240 g/mol. The van der Waals surface area contributed by atoms with E-state index in [0.717, 1.165) is 31.0 Å². The molecule has 0 saturated heterocycles. The minimum Gasteiger partial charge on any atom is -0.387 e. The van der Waals surface area contributed by atoms with Gasteiger partial charge in [0.25, 0.3) is 0 Å². The van der Waals surface area contributed by atoms with Gasteiger partial charge in [-0.15, -0.1) is 0 Å². The summed E-state index contributed by atoms with van der Waals surface area (Å²) in [6.07, 6.45) is 0.795. The van der Waals surface area contributed by atoms with Crippen molar-refractivity contribution in [2.75, 3.05) is 26.8 Å². The van der Waals surface area contributed by atoms with Crippen molar-refractivity contribution >= 4 is 0 Å². The van der Waals surface area contributed by atoms with Gasteiger partial charge >= 0.3 is 0 Å². The van der Waals surface area contributed by atoms with Crippen molar-refractivity contribution in [3.63, 3.8) is 0 Å². The number of nitrogens with one attached hydrogen (secondary N) is 1. The maximum absolute atomic E-state index is 13.3. The number of aliphatic hydroxyl groups excluding tert-OH is 1. The SMILES string of the molecule is COCCCCNCC(O)c1cc(F)ccc1F. The highest BCUT2D eigenvalue weighted by molar-refractivity contribution is 5.21. The van der Waals surface area contributed by atoms with Gasteiger partial charge in [0.1, 0.15) is 11.6 Å². The lowest BCUT2D eigenvalue weighted by atomic mass is 10.1. The smallest absolute Gasteiger partial charge is 0.129 e. The molecule has 102 valence electrons. The van der Waals surface area contributed by atoms with Crippen molar-refractivity contribution in [1.82, 2.24) is 5.32 Å². The Labute approximate surface area is 106 Å². The van der Waals surface area contributed by atoms with E-state index >= 15 is 0 Å². The first-order chi connectivity index (χ1) is 8.65. The molecule has 5 heteroatoms. The van der Waals surface area contributed by atoms with E-state index in [-0.39, 0.29) is 12.1 Å². The molecule has 2 N–H and O–H groups in total. The van der Waals surface area contributed by atoms with E-state index in [1.54, 1.807) is 7.11 Å². The van der Waals surface area contributed by atoms with E-state index in [4.69, 9.17) is 4.74 Å². The van der Waals surface area contributed by atoms with Crippen LogP contribution < -0.4 is 5.32 Å². The fourth-order valence-electron chi connectivity index (χ4n) is 1.62. The maximum atomic E-state index is 13.3. The summed E-state index contributed by atoms with van der Waals surface area (Å²) < 4.78 is 31.1. The number of benzene rings is 1. The lowest BCUT2D eigenvalue weighted by Gasteiger charge is -2.13. The number of hydrogen-bond acceptors (Lipinski definition) is 3. The average molecular weight is 259 g/mol. The van der Waals surface area contributed by atoms with Gasteiger partial charge in [-0.05, 0) is 37.6 Å². The largest absolute Gasteiger partial charge is 0.387 e. The van der Waals surface area contributed by atoms with Crippen LogP contribution in [-0.4, -0.2) is 31.9 Å². The van der Waals surface area contributed by atoms with Gasteiger partial charge in [0, 0.05) is 25.8 Å². The van der Waals surface area contributed by atoms with Gasteiger partial charge in [0.2, 0.25) is 0 Å². The summed E-state index contributed by atoms with van der Waals surface area (Å²) in [7, 11) is 1.64. The van der Waals surface area contributed by atoms with Crippen LogP contribution in [0.25, 0.3) is 0 Å². The molecule has 0 spiro atoms. The van der Waals surface area contributed by atoms with Crippen molar-refractivity contribution in [3.05, 3.63) is 35.4 Å². The Hall–Kier alpha value is -1.04. The molecule has 0 aliphatic rings. The Balaban J connectivity index is 2.31. The van der Waals surface area contributed by atoms with Crippen molar-refractivity contribution in [2.45, 2.75) is 18.9 Å². The Morgan fingerprint density at radius 2 is 2.11 bits per heavy atom. The van der Waals surface area contributed by atoms with Crippen molar-refractivity contribution in [2.24, 2.45) is 0 Å². The molecule has 0 saturated carbocycles. The molecule has 0 aliphatic heterocycles. The fourth-order valence-corrected chi connectivity index (χ4v) is 1.62. The first-order valence-electron chi connectivity index (χ1n) is 5.98. The minimum atomic E-state index is -1.04. The van der Waals surface area contributed by atoms with Crippen LogP contribution in [0.2, 0.25) is 0 Å². The number of methoxy groups -OCH3 is 1. The number of unbranched alkanes of at least 4 members (excludes halogenated alkanes) is 1. The Bertz CT molecular complexity index is 361. The van der Waals surface area contributed by atoms with Gasteiger partial charge in [-0.2, -0.15) is 0 Å². The van der Waals surface area contributed by atoms with E-state index < -0.39 is 17.7 Å². The van der Waals surface area contributed by atoms with Gasteiger partial charge in [-0.25, -0.2) is 8.78 Å². The third kappa shape index (κ3) is 5.08. The van der Waals surface area contributed by atoms with Crippen LogP contribution in [0.5, 0.6) is 0 Å². The molecule has 0 heterocycles. The first kappa shape index (κ1) is 15.0. The first-order valence-corrected chi connectivity index (χ1v) is 5.98. The molecule has 0 bridgehead atoms. The summed E-state index contributed by atoms with van der Waals surface area (Å²) in [5.74, 6) is -1.14. The summed E-state index contributed by atoms with van der Waals surface area (Å²) in [5, 5.41) is 12.7. The highest BCUT2D eigenvalue weighted by Gasteiger charge is 2.13. The van der Waals surface area contributed by atoms with E-state index in [1.165, 1.54) is 0 Å². The monoisotopic (exact) mass is 259 g/mol. The lowest BCUT2D eigenvalue weighted by Crippen LogP contribution is -2.23. The van der Waals surface area contributed by atoms with Crippen LogP contribution >= 0.6 is 0 Å². The minimum absolute atomic E-state index is 0.0145. The number of halogens is 2. The molecule has 0 aliphatic carbocycles. The van der Waals surface area contributed by atoms with E-state index in [2.05, 4.69) is 5.32 Å². The average Bonchev–Trinajstić information content (AvgIpc) is 2.36. The Morgan fingerprint density at radius 1 is 1.33 bits per heavy atom. The molecule has 0 amide bonds. The van der Waals surface area contributed by atoms with Gasteiger partial charge in [-0.1, -0.05) is 0 Å². The van der Waals surface area contributed by atoms with Gasteiger partial charge in [-0.3, -0.25) is 0 Å². The van der Waals surface area contributed by atoms with Gasteiger partial charge < -0.3 is 15.2 Å². The molecule has 1 aromatic carbocycles. The second kappa shape index (κ2) is 8.13. The maximum Gasteiger partial charge on any atom is 0.129 e. The van der Waals surface area contributed by atoms with Gasteiger partial charge in [0.15, 0.2) is 0 Å². The number of aliphatic hydroxyl groups is 1. The van der Waals surface area contributed by atoms with Crippen LogP contribution in [0.1, 0.15) is 24.5 Å². The summed E-state index contributed by atoms with van der Waals surface area (Å²) in [6.45, 7) is 1.60. The van der Waals surface area contributed by atoms with E-state index in [9.17, 15) is 13.9 Å². The molecule has 18 heavy (non-hydrogen) atoms. The highest BCUT2D eigenvalue weighted by Crippen LogP contribution is 2.17. The Morgan fingerprint density at radius 3 is 2.83 bits per heavy atom. The molecule has 0 aromatic heterocycles. The Kier molecular flexibility index (Phi) is 6.78. The summed E-state index contributed by atoms with van der Waals surface area (Å²) in [6, 6.07) is 3.07. The molecule has 1 atom stereocenters. The standard InChI is InChI=1S/C13H19F2NO2/c1-18-7-3-2-6-16-9-13(17)11-8-10(14)4-5-12(11)15/h4-5,8,13,16-17H,2-3,6-7,9H2,1H3. The van der Waals surface area contributed by atoms with Crippen LogP contribution in [0.15, 0.2) is 18.2 Å². The third-order valence-corrected chi connectivity index (χ3v) is 2.61. The van der Waals surface area contributed by atoms with Crippen molar-refractivity contribution in [1.29, 1.82) is 0 Å². The fraction of sp³-hybridized carbons (Fsp3) is 0.538. The van der Waals surface area contributed by atoms with Crippen molar-refractivity contribution < 1.29 is 18.6 Å². The molecular formula is C13H19F2NO2. The molecule has 3 nitrogen and oxygen atoms in total. The second-order valence-corrected chi connectivity index (χ2v) is 4.09. The molecule has 0 radical (unpaired) electrons. The van der Waals surface area contributed by atoms with Crippen LogP contribution in [0, 0.1) is 11.6 Å². The molecule has 1 rings (SSSR count). The topological polar surface area (TPSA) is 41.5 Å². The van der Waals surface area contributed by atoms with Crippen LogP contribution in [0.3, 0.4) is 0 Å². The quantitative estimate of drug-likeness (QED) is 0.702. The second-order valence-electron chi connectivity index (χ2n) is 4.09. The number of ether oxygens (including phenoxy) is 1. The third-order valence-electron chi connectivity index (χ3n) is 2.61. The molecule has 1 aromatic rings. The van der Waals surface area contributed by atoms with Crippen LogP contribution in [0.4, 0.5) is 8.78 Å². The number of rotatable bonds is 8. The predicted molar refractivity (Wildman–Crippen MR) is 65.3 cm³/mol. The zero-order valence-electron chi connectivity index (χ0n) is 10.5. The number of hydrogen-bond donors (Lipinski definition) is 2. The normalized spacial score (nSPS) is 12.7. The summed E-state index contributed by atoms with van der Waals surface area (Å²) >= 11 is 0. The predicted octanol–water partition coefficient (Wildman–Crippen LogP) is 2.01. The summed E-state index contributed by atoms with van der Waals surface area (Å²) in [5.41, 5.74) is -0.0145. The van der Waals surface area contributed by atoms with Crippen molar-refractivity contribution in [3.8, 4) is 0 Å². The molecule has 0 fully saturated rings. The van der Waals surface area contributed by atoms with Crippen LogP contribution in [-0.2, 0) is 4.74 Å². The zero-order chi connectivity index (χ0) is 13.4. The van der Waals surface area contributed by atoms with Gasteiger partial charge in [0.05, 0.1) is 6.10 Å². The molecule has 1 unspecified atom stereocenters. The lowest BCUT2D eigenvalue weighted by molar-refractivity contribution is 0.167. The highest BCUT2D eigenvalue weighted by atomic mass is 19.1. The van der Waals surface area contributed by atoms with E-state index in [1.807, 2.05) is 0 Å². The van der Waals surface area contributed by atoms with E-state index in [0.29, 0.717) is 13.2 Å². The zero-order valence-corrected chi connectivity index (χ0v) is 10.5.